The highest BCUT2D eigenvalue weighted by molar-refractivity contribution is 7.99. The third-order valence-electron chi connectivity index (χ3n) is 2.88. The number of rotatable bonds is 6. The van der Waals surface area contributed by atoms with Gasteiger partial charge < -0.3 is 0 Å². The van der Waals surface area contributed by atoms with Crippen LogP contribution in [0, 0.1) is 0 Å². The number of benzene rings is 1. The first-order valence-corrected chi connectivity index (χ1v) is 7.95. The Balaban J connectivity index is 1.78. The Labute approximate surface area is 134 Å². The Hall–Kier alpha value is -2.21. The molecule has 5 nitrogen and oxygen atoms in total. The van der Waals surface area contributed by atoms with Crippen molar-refractivity contribution in [2.24, 2.45) is 5.10 Å². The number of nitrogens with one attached hydrogen (secondary N) is 1. The molecule has 1 amide bonds. The smallest absolute Gasteiger partial charge is 0.250 e. The summed E-state index contributed by atoms with van der Waals surface area (Å²) in [6.07, 6.45) is 4.92. The summed E-state index contributed by atoms with van der Waals surface area (Å²) in [6.45, 7) is 4.30. The van der Waals surface area contributed by atoms with Crippen LogP contribution < -0.4 is 5.43 Å². The van der Waals surface area contributed by atoms with Crippen molar-refractivity contribution in [2.45, 2.75) is 24.9 Å². The lowest BCUT2D eigenvalue weighted by Crippen LogP contribution is -2.19. The Morgan fingerprint density at radius 3 is 2.59 bits per heavy atom. The minimum Gasteiger partial charge on any atom is -0.272 e. The molecule has 0 atom stereocenters. The van der Waals surface area contributed by atoms with Crippen LogP contribution in [0.3, 0.4) is 0 Å². The van der Waals surface area contributed by atoms with Crippen molar-refractivity contribution < 1.29 is 4.79 Å². The first kappa shape index (κ1) is 16.2. The molecule has 0 radical (unpaired) electrons. The number of carbonyl (C=O) groups is 1. The van der Waals surface area contributed by atoms with Gasteiger partial charge in [0.15, 0.2) is 5.16 Å². The number of amides is 1. The maximum Gasteiger partial charge on any atom is 0.250 e. The van der Waals surface area contributed by atoms with E-state index >= 15 is 0 Å². The second-order valence-corrected chi connectivity index (χ2v) is 5.88. The molecule has 0 spiro atoms. The molecule has 1 aromatic carbocycles. The number of hydrogen-bond acceptors (Lipinski definition) is 5. The van der Waals surface area contributed by atoms with Gasteiger partial charge in [-0.05, 0) is 23.1 Å². The number of thioether (sulfide) groups is 1. The molecule has 1 heterocycles. The van der Waals surface area contributed by atoms with Crippen molar-refractivity contribution in [3.63, 3.8) is 0 Å². The minimum absolute atomic E-state index is 0.187. The van der Waals surface area contributed by atoms with Gasteiger partial charge in [-0.2, -0.15) is 5.10 Å². The van der Waals surface area contributed by atoms with Gasteiger partial charge in [-0.1, -0.05) is 49.9 Å². The zero-order chi connectivity index (χ0) is 15.8. The van der Waals surface area contributed by atoms with Gasteiger partial charge in [0.25, 0.3) is 5.91 Å². The van der Waals surface area contributed by atoms with E-state index in [0.717, 1.165) is 5.56 Å². The van der Waals surface area contributed by atoms with E-state index in [0.29, 0.717) is 11.1 Å². The van der Waals surface area contributed by atoms with Gasteiger partial charge in [-0.3, -0.25) is 4.79 Å². The van der Waals surface area contributed by atoms with E-state index in [2.05, 4.69) is 46.5 Å². The van der Waals surface area contributed by atoms with E-state index in [1.807, 2.05) is 12.1 Å². The second kappa shape index (κ2) is 8.29. The number of aromatic nitrogens is 2. The molecule has 0 fully saturated rings. The van der Waals surface area contributed by atoms with Gasteiger partial charge in [0.05, 0.1) is 12.0 Å². The van der Waals surface area contributed by atoms with E-state index in [-0.39, 0.29) is 11.7 Å². The lowest BCUT2D eigenvalue weighted by molar-refractivity contribution is -0.118. The lowest BCUT2D eigenvalue weighted by Gasteiger charge is -2.04. The van der Waals surface area contributed by atoms with Crippen LogP contribution >= 0.6 is 11.8 Å². The summed E-state index contributed by atoms with van der Waals surface area (Å²) in [6, 6.07) is 9.83. The number of hydrazone groups is 1. The summed E-state index contributed by atoms with van der Waals surface area (Å²) in [4.78, 5) is 19.7. The average Bonchev–Trinajstić information content (AvgIpc) is 2.54. The quantitative estimate of drug-likeness (QED) is 0.385. The van der Waals surface area contributed by atoms with Crippen LogP contribution in [-0.2, 0) is 4.79 Å². The molecular formula is C16H18N4OS. The molecule has 0 unspecified atom stereocenters. The Kier molecular flexibility index (Phi) is 6.09. The SMILES string of the molecule is CC(C)c1ccc(/C=N/NC(=O)CSc2ncccn2)cc1. The average molecular weight is 314 g/mol. The molecule has 2 aromatic rings. The van der Waals surface area contributed by atoms with Gasteiger partial charge in [0, 0.05) is 12.4 Å². The topological polar surface area (TPSA) is 67.2 Å². The van der Waals surface area contributed by atoms with Crippen molar-refractivity contribution in [1.82, 2.24) is 15.4 Å². The van der Waals surface area contributed by atoms with Gasteiger partial charge in [0.2, 0.25) is 0 Å². The van der Waals surface area contributed by atoms with E-state index in [9.17, 15) is 4.79 Å². The van der Waals surface area contributed by atoms with Crippen LogP contribution in [0.25, 0.3) is 0 Å². The molecule has 0 aliphatic rings. The lowest BCUT2D eigenvalue weighted by atomic mass is 10.0. The summed E-state index contributed by atoms with van der Waals surface area (Å²) < 4.78 is 0. The number of nitrogens with zero attached hydrogens (tertiary/aromatic N) is 3. The fourth-order valence-electron chi connectivity index (χ4n) is 1.67. The maximum atomic E-state index is 11.6. The van der Waals surface area contributed by atoms with Crippen LogP contribution in [0.5, 0.6) is 0 Å². The Bertz CT molecular complexity index is 626. The third-order valence-corrected chi connectivity index (χ3v) is 3.76. The van der Waals surface area contributed by atoms with Crippen LogP contribution in [0.4, 0.5) is 0 Å². The highest BCUT2D eigenvalue weighted by Crippen LogP contribution is 2.14. The molecule has 22 heavy (non-hydrogen) atoms. The molecule has 0 aliphatic carbocycles. The van der Waals surface area contributed by atoms with Crippen molar-refractivity contribution in [3.8, 4) is 0 Å². The number of hydrogen-bond donors (Lipinski definition) is 1. The molecule has 1 aromatic heterocycles. The monoisotopic (exact) mass is 314 g/mol. The minimum atomic E-state index is -0.187. The molecule has 1 N–H and O–H groups in total. The van der Waals surface area contributed by atoms with E-state index in [4.69, 9.17) is 0 Å². The molecule has 0 saturated carbocycles. The summed E-state index contributed by atoms with van der Waals surface area (Å²) in [5.41, 5.74) is 4.72. The van der Waals surface area contributed by atoms with Crippen molar-refractivity contribution in [3.05, 3.63) is 53.9 Å². The standard InChI is InChI=1S/C16H18N4OS/c1-12(2)14-6-4-13(5-7-14)10-19-20-15(21)11-22-16-17-8-3-9-18-16/h3-10,12H,11H2,1-2H3,(H,20,21)/b19-10+. The summed E-state index contributed by atoms with van der Waals surface area (Å²) in [5, 5.41) is 4.52. The van der Waals surface area contributed by atoms with Gasteiger partial charge in [0.1, 0.15) is 0 Å². The fraction of sp³-hybridized carbons (Fsp3) is 0.250. The Morgan fingerprint density at radius 1 is 1.27 bits per heavy atom. The van der Waals surface area contributed by atoms with Crippen molar-refractivity contribution in [1.29, 1.82) is 0 Å². The summed E-state index contributed by atoms with van der Waals surface area (Å²) >= 11 is 1.27. The van der Waals surface area contributed by atoms with E-state index in [1.54, 1.807) is 24.7 Å². The maximum absolute atomic E-state index is 11.6. The van der Waals surface area contributed by atoms with Gasteiger partial charge in [-0.15, -0.1) is 0 Å². The first-order valence-electron chi connectivity index (χ1n) is 6.97. The van der Waals surface area contributed by atoms with Crippen LogP contribution in [0.2, 0.25) is 0 Å². The van der Waals surface area contributed by atoms with Gasteiger partial charge in [-0.25, -0.2) is 15.4 Å². The first-order chi connectivity index (χ1) is 10.6. The Morgan fingerprint density at radius 2 is 1.95 bits per heavy atom. The van der Waals surface area contributed by atoms with Crippen LogP contribution in [0.1, 0.15) is 30.9 Å². The van der Waals surface area contributed by atoms with Crippen molar-refractivity contribution >= 4 is 23.9 Å². The van der Waals surface area contributed by atoms with E-state index < -0.39 is 0 Å². The zero-order valence-corrected chi connectivity index (χ0v) is 13.4. The normalized spacial score (nSPS) is 11.0. The highest BCUT2D eigenvalue weighted by Gasteiger charge is 2.03. The highest BCUT2D eigenvalue weighted by atomic mass is 32.2. The molecule has 2 rings (SSSR count). The molecule has 0 saturated heterocycles. The molecular weight excluding hydrogens is 296 g/mol. The summed E-state index contributed by atoms with van der Waals surface area (Å²) in [5.74, 6) is 0.545. The zero-order valence-electron chi connectivity index (χ0n) is 12.6. The van der Waals surface area contributed by atoms with E-state index in [1.165, 1.54) is 17.3 Å². The molecule has 0 aliphatic heterocycles. The molecule has 114 valence electrons. The fourth-order valence-corrected chi connectivity index (χ4v) is 2.26. The number of carbonyl (C=O) groups excluding carboxylic acids is 1. The van der Waals surface area contributed by atoms with Gasteiger partial charge >= 0.3 is 0 Å². The predicted octanol–water partition coefficient (Wildman–Crippen LogP) is 2.84. The van der Waals surface area contributed by atoms with Crippen LogP contribution in [-0.4, -0.2) is 27.8 Å². The molecule has 6 heteroatoms. The predicted molar refractivity (Wildman–Crippen MR) is 89.0 cm³/mol. The summed E-state index contributed by atoms with van der Waals surface area (Å²) in [7, 11) is 0. The largest absolute Gasteiger partial charge is 0.272 e. The van der Waals surface area contributed by atoms with Crippen molar-refractivity contribution in [2.75, 3.05) is 5.75 Å². The third kappa shape index (κ3) is 5.29. The van der Waals surface area contributed by atoms with Crippen LogP contribution in [0.15, 0.2) is 53.0 Å². The second-order valence-electron chi connectivity index (χ2n) is 4.93. The molecule has 0 bridgehead atoms.